The Morgan fingerprint density at radius 2 is 1.53 bits per heavy atom. The van der Waals surface area contributed by atoms with Crippen molar-refractivity contribution in [2.45, 2.75) is 20.4 Å². The number of rotatable bonds is 6. The van der Waals surface area contributed by atoms with E-state index in [9.17, 15) is 4.79 Å². The molecule has 1 aliphatic rings. The van der Waals surface area contributed by atoms with E-state index in [2.05, 4.69) is 30.9 Å². The molecule has 0 saturated carbocycles. The monoisotopic (exact) mass is 434 g/mol. The standard InChI is InChI=1S/C25H30N4O3/c1-18-21(19(2)29(26-18)20-9-6-5-7-10-20)17-27-13-15-28(16-14-27)25(30)24-22(31-3)11-8-12-23(24)32-4/h5-12H,13-17H2,1-4H3. The van der Waals surface area contributed by atoms with E-state index in [-0.39, 0.29) is 5.91 Å². The molecule has 1 fully saturated rings. The molecule has 1 aliphatic heterocycles. The average Bonchev–Trinajstić information content (AvgIpc) is 3.12. The number of hydrogen-bond donors (Lipinski definition) is 0. The molecule has 7 nitrogen and oxygen atoms in total. The Morgan fingerprint density at radius 1 is 0.906 bits per heavy atom. The van der Waals surface area contributed by atoms with E-state index in [1.807, 2.05) is 33.8 Å². The number of benzene rings is 2. The number of carbonyl (C=O) groups excluding carboxylic acids is 1. The van der Waals surface area contributed by atoms with Gasteiger partial charge in [0.2, 0.25) is 0 Å². The summed E-state index contributed by atoms with van der Waals surface area (Å²) in [5.41, 5.74) is 5.01. The Bertz CT molecular complexity index is 1060. The zero-order valence-corrected chi connectivity index (χ0v) is 19.2. The summed E-state index contributed by atoms with van der Waals surface area (Å²) in [7, 11) is 3.15. The number of nitrogens with zero attached hydrogens (tertiary/aromatic N) is 4. The molecule has 1 saturated heterocycles. The molecule has 4 rings (SSSR count). The van der Waals surface area contributed by atoms with Gasteiger partial charge in [0, 0.05) is 44.0 Å². The Labute approximate surface area is 189 Å². The maximum Gasteiger partial charge on any atom is 0.261 e. The first-order valence-corrected chi connectivity index (χ1v) is 10.9. The minimum absolute atomic E-state index is 0.0526. The van der Waals surface area contributed by atoms with Crippen LogP contribution in [0, 0.1) is 13.8 Å². The van der Waals surface area contributed by atoms with Crippen LogP contribution < -0.4 is 9.47 Å². The number of hydrogen-bond acceptors (Lipinski definition) is 5. The zero-order valence-electron chi connectivity index (χ0n) is 19.2. The van der Waals surface area contributed by atoms with Crippen LogP contribution in [0.2, 0.25) is 0 Å². The highest BCUT2D eigenvalue weighted by Gasteiger charge is 2.27. The number of piperazine rings is 1. The van der Waals surface area contributed by atoms with Crippen molar-refractivity contribution in [2.75, 3.05) is 40.4 Å². The molecule has 0 bridgehead atoms. The van der Waals surface area contributed by atoms with Gasteiger partial charge in [0.15, 0.2) is 0 Å². The van der Waals surface area contributed by atoms with E-state index < -0.39 is 0 Å². The fraction of sp³-hybridized carbons (Fsp3) is 0.360. The highest BCUT2D eigenvalue weighted by molar-refractivity contribution is 5.99. The van der Waals surface area contributed by atoms with Crippen LogP contribution in [0.3, 0.4) is 0 Å². The maximum atomic E-state index is 13.2. The van der Waals surface area contributed by atoms with Crippen LogP contribution in [0.25, 0.3) is 5.69 Å². The third-order valence-corrected chi connectivity index (χ3v) is 6.12. The van der Waals surface area contributed by atoms with Crippen molar-refractivity contribution in [3.63, 3.8) is 0 Å². The van der Waals surface area contributed by atoms with Crippen LogP contribution in [-0.2, 0) is 6.54 Å². The SMILES string of the molecule is COc1cccc(OC)c1C(=O)N1CCN(Cc2c(C)nn(-c3ccccc3)c2C)CC1. The molecule has 0 unspecified atom stereocenters. The fourth-order valence-electron chi connectivity index (χ4n) is 4.28. The second-order valence-corrected chi connectivity index (χ2v) is 8.00. The van der Waals surface area contributed by atoms with E-state index in [1.54, 1.807) is 26.4 Å². The average molecular weight is 435 g/mol. The van der Waals surface area contributed by atoms with Crippen molar-refractivity contribution in [1.29, 1.82) is 0 Å². The van der Waals surface area contributed by atoms with Gasteiger partial charge in [0.05, 0.1) is 25.6 Å². The largest absolute Gasteiger partial charge is 0.496 e. The lowest BCUT2D eigenvalue weighted by Gasteiger charge is -2.35. The van der Waals surface area contributed by atoms with Crippen LogP contribution >= 0.6 is 0 Å². The van der Waals surface area contributed by atoms with Crippen molar-refractivity contribution in [2.24, 2.45) is 0 Å². The summed E-state index contributed by atoms with van der Waals surface area (Å²) >= 11 is 0. The lowest BCUT2D eigenvalue weighted by Crippen LogP contribution is -2.48. The zero-order chi connectivity index (χ0) is 22.7. The van der Waals surface area contributed by atoms with Crippen LogP contribution in [0.15, 0.2) is 48.5 Å². The number of aryl methyl sites for hydroxylation is 1. The molecular formula is C25H30N4O3. The topological polar surface area (TPSA) is 59.8 Å². The van der Waals surface area contributed by atoms with Gasteiger partial charge in [-0.15, -0.1) is 0 Å². The Kier molecular flexibility index (Phi) is 6.46. The summed E-state index contributed by atoms with van der Waals surface area (Å²) in [6, 6.07) is 15.6. The number of aromatic nitrogens is 2. The Balaban J connectivity index is 1.45. The minimum atomic E-state index is -0.0526. The first-order chi connectivity index (χ1) is 15.5. The molecule has 7 heteroatoms. The highest BCUT2D eigenvalue weighted by Crippen LogP contribution is 2.30. The Hall–Kier alpha value is -3.32. The molecule has 0 N–H and O–H groups in total. The molecule has 32 heavy (non-hydrogen) atoms. The van der Waals surface area contributed by atoms with E-state index in [0.717, 1.165) is 36.7 Å². The van der Waals surface area contributed by atoms with Gasteiger partial charge in [0.25, 0.3) is 5.91 Å². The number of carbonyl (C=O) groups is 1. The van der Waals surface area contributed by atoms with Gasteiger partial charge in [-0.1, -0.05) is 24.3 Å². The van der Waals surface area contributed by atoms with Gasteiger partial charge < -0.3 is 14.4 Å². The molecular weight excluding hydrogens is 404 g/mol. The number of methoxy groups -OCH3 is 2. The predicted molar refractivity (Wildman–Crippen MR) is 124 cm³/mol. The van der Waals surface area contributed by atoms with Gasteiger partial charge >= 0.3 is 0 Å². The third kappa shape index (κ3) is 4.21. The summed E-state index contributed by atoms with van der Waals surface area (Å²) in [4.78, 5) is 17.5. The summed E-state index contributed by atoms with van der Waals surface area (Å²) in [6.45, 7) is 7.93. The molecule has 0 atom stereocenters. The maximum absolute atomic E-state index is 13.2. The number of amides is 1. The molecule has 3 aromatic rings. The van der Waals surface area contributed by atoms with Crippen LogP contribution in [0.5, 0.6) is 11.5 Å². The fourth-order valence-corrected chi connectivity index (χ4v) is 4.28. The summed E-state index contributed by atoms with van der Waals surface area (Å²) in [5, 5.41) is 4.76. The van der Waals surface area contributed by atoms with Crippen LogP contribution in [-0.4, -0.2) is 65.9 Å². The molecule has 1 aromatic heterocycles. The molecule has 0 radical (unpaired) electrons. The quantitative estimate of drug-likeness (QED) is 0.595. The van der Waals surface area contributed by atoms with Crippen LogP contribution in [0.1, 0.15) is 27.3 Å². The summed E-state index contributed by atoms with van der Waals surface area (Å²) in [5.74, 6) is 1.02. The lowest BCUT2D eigenvalue weighted by molar-refractivity contribution is 0.0621. The second kappa shape index (κ2) is 9.44. The van der Waals surface area contributed by atoms with Gasteiger partial charge in [-0.25, -0.2) is 4.68 Å². The van der Waals surface area contributed by atoms with Crippen molar-refractivity contribution in [1.82, 2.24) is 19.6 Å². The molecule has 168 valence electrons. The number of para-hydroxylation sites is 1. The summed E-state index contributed by atoms with van der Waals surface area (Å²) < 4.78 is 12.8. The van der Waals surface area contributed by atoms with E-state index in [1.165, 1.54) is 5.56 Å². The normalized spacial score (nSPS) is 14.4. The van der Waals surface area contributed by atoms with Crippen molar-refractivity contribution in [3.8, 4) is 17.2 Å². The lowest BCUT2D eigenvalue weighted by atomic mass is 10.1. The van der Waals surface area contributed by atoms with Gasteiger partial charge in [-0.2, -0.15) is 5.10 Å². The number of ether oxygens (including phenoxy) is 2. The smallest absolute Gasteiger partial charge is 0.261 e. The van der Waals surface area contributed by atoms with Gasteiger partial charge in [0.1, 0.15) is 17.1 Å². The van der Waals surface area contributed by atoms with Gasteiger partial charge in [-0.05, 0) is 38.1 Å². The van der Waals surface area contributed by atoms with E-state index in [0.29, 0.717) is 30.2 Å². The predicted octanol–water partition coefficient (Wildman–Crippen LogP) is 3.46. The van der Waals surface area contributed by atoms with E-state index in [4.69, 9.17) is 14.6 Å². The second-order valence-electron chi connectivity index (χ2n) is 8.00. The van der Waals surface area contributed by atoms with E-state index >= 15 is 0 Å². The molecule has 2 heterocycles. The van der Waals surface area contributed by atoms with Crippen molar-refractivity contribution < 1.29 is 14.3 Å². The van der Waals surface area contributed by atoms with Gasteiger partial charge in [-0.3, -0.25) is 9.69 Å². The molecule has 1 amide bonds. The molecule has 0 aliphatic carbocycles. The minimum Gasteiger partial charge on any atom is -0.496 e. The van der Waals surface area contributed by atoms with Crippen molar-refractivity contribution >= 4 is 5.91 Å². The first kappa shape index (κ1) is 21.9. The van der Waals surface area contributed by atoms with Crippen LogP contribution in [0.4, 0.5) is 0 Å². The Morgan fingerprint density at radius 3 is 2.12 bits per heavy atom. The van der Waals surface area contributed by atoms with Crippen molar-refractivity contribution in [3.05, 3.63) is 71.0 Å². The highest BCUT2D eigenvalue weighted by atomic mass is 16.5. The molecule has 2 aromatic carbocycles. The molecule has 0 spiro atoms. The third-order valence-electron chi connectivity index (χ3n) is 6.12. The first-order valence-electron chi connectivity index (χ1n) is 10.9. The summed E-state index contributed by atoms with van der Waals surface area (Å²) in [6.07, 6.45) is 0.